The zero-order valence-electron chi connectivity index (χ0n) is 13.9. The van der Waals surface area contributed by atoms with Crippen LogP contribution in [0.3, 0.4) is 0 Å². The number of carbonyl (C=O) groups is 2. The van der Waals surface area contributed by atoms with Crippen molar-refractivity contribution < 1.29 is 9.59 Å². The second kappa shape index (κ2) is 9.45. The number of pyridine rings is 1. The lowest BCUT2D eigenvalue weighted by atomic mass is 10.1. The molecule has 0 aliphatic rings. The number of anilines is 1. The van der Waals surface area contributed by atoms with Gasteiger partial charge in [0, 0.05) is 25.6 Å². The number of aromatic nitrogens is 1. The predicted molar refractivity (Wildman–Crippen MR) is 94.6 cm³/mol. The van der Waals surface area contributed by atoms with Crippen LogP contribution in [-0.2, 0) is 16.0 Å². The Labute approximate surface area is 142 Å². The summed E-state index contributed by atoms with van der Waals surface area (Å²) in [6.45, 7) is 2.27. The maximum absolute atomic E-state index is 11.8. The minimum atomic E-state index is -0.157. The molecule has 0 aliphatic carbocycles. The highest BCUT2D eigenvalue weighted by Gasteiger charge is 2.05. The maximum atomic E-state index is 11.8. The summed E-state index contributed by atoms with van der Waals surface area (Å²) in [6, 6.07) is 13.7. The first-order valence-electron chi connectivity index (χ1n) is 8.16. The highest BCUT2D eigenvalue weighted by atomic mass is 16.2. The van der Waals surface area contributed by atoms with Gasteiger partial charge in [-0.2, -0.15) is 0 Å². The van der Waals surface area contributed by atoms with E-state index in [0.29, 0.717) is 18.8 Å². The number of amides is 2. The summed E-state index contributed by atoms with van der Waals surface area (Å²) in [7, 11) is 0. The lowest BCUT2D eigenvalue weighted by Gasteiger charge is -2.06. The van der Waals surface area contributed by atoms with Gasteiger partial charge in [-0.25, -0.2) is 4.98 Å². The summed E-state index contributed by atoms with van der Waals surface area (Å²) in [5.41, 5.74) is 2.27. The molecule has 2 rings (SSSR count). The van der Waals surface area contributed by atoms with E-state index in [-0.39, 0.29) is 18.2 Å². The van der Waals surface area contributed by atoms with E-state index in [2.05, 4.69) is 27.8 Å². The normalized spacial score (nSPS) is 10.2. The van der Waals surface area contributed by atoms with E-state index in [1.54, 1.807) is 12.3 Å². The largest absolute Gasteiger partial charge is 0.356 e. The third-order valence-electron chi connectivity index (χ3n) is 3.57. The van der Waals surface area contributed by atoms with Gasteiger partial charge < -0.3 is 10.6 Å². The van der Waals surface area contributed by atoms with Crippen molar-refractivity contribution in [1.29, 1.82) is 0 Å². The topological polar surface area (TPSA) is 71.1 Å². The number of carbonyl (C=O) groups excluding carboxylic acids is 2. The zero-order chi connectivity index (χ0) is 17.2. The van der Waals surface area contributed by atoms with Crippen LogP contribution in [0.15, 0.2) is 48.7 Å². The van der Waals surface area contributed by atoms with Crippen LogP contribution in [-0.4, -0.2) is 23.3 Å². The molecule has 0 fully saturated rings. The number of benzene rings is 1. The van der Waals surface area contributed by atoms with Crippen molar-refractivity contribution in [2.45, 2.75) is 32.6 Å². The quantitative estimate of drug-likeness (QED) is 0.784. The lowest BCUT2D eigenvalue weighted by molar-refractivity contribution is -0.121. The van der Waals surface area contributed by atoms with Crippen LogP contribution in [0.25, 0.3) is 0 Å². The molecule has 0 spiro atoms. The molecule has 0 saturated heterocycles. The third kappa shape index (κ3) is 6.60. The minimum Gasteiger partial charge on any atom is -0.356 e. The van der Waals surface area contributed by atoms with Crippen molar-refractivity contribution in [2.24, 2.45) is 0 Å². The van der Waals surface area contributed by atoms with Gasteiger partial charge in [-0.1, -0.05) is 36.4 Å². The van der Waals surface area contributed by atoms with Gasteiger partial charge in [0.05, 0.1) is 0 Å². The van der Waals surface area contributed by atoms with E-state index in [9.17, 15) is 9.59 Å². The molecule has 0 aliphatic heterocycles. The van der Waals surface area contributed by atoms with Gasteiger partial charge in [0.2, 0.25) is 11.8 Å². The molecular weight excluding hydrogens is 302 g/mol. The molecule has 1 heterocycles. The molecule has 5 heteroatoms. The second-order valence-corrected chi connectivity index (χ2v) is 5.71. The summed E-state index contributed by atoms with van der Waals surface area (Å²) >= 11 is 0. The van der Waals surface area contributed by atoms with Gasteiger partial charge in [-0.05, 0) is 37.0 Å². The van der Waals surface area contributed by atoms with Crippen molar-refractivity contribution in [2.75, 3.05) is 11.9 Å². The van der Waals surface area contributed by atoms with E-state index >= 15 is 0 Å². The van der Waals surface area contributed by atoms with Crippen LogP contribution in [0.1, 0.15) is 30.4 Å². The molecule has 126 valence electrons. The minimum absolute atomic E-state index is 0.0211. The smallest absolute Gasteiger partial charge is 0.227 e. The summed E-state index contributed by atoms with van der Waals surface area (Å²) in [5.74, 6) is 0.350. The molecular formula is C19H23N3O2. The molecule has 1 aromatic heterocycles. The summed E-state index contributed by atoms with van der Waals surface area (Å²) in [5, 5.41) is 5.48. The van der Waals surface area contributed by atoms with Gasteiger partial charge in [-0.15, -0.1) is 0 Å². The first kappa shape index (κ1) is 17.7. The van der Waals surface area contributed by atoms with Crippen molar-refractivity contribution >= 4 is 17.6 Å². The number of nitrogens with zero attached hydrogens (tertiary/aromatic N) is 1. The first-order valence-corrected chi connectivity index (χ1v) is 8.16. The van der Waals surface area contributed by atoms with Crippen LogP contribution < -0.4 is 10.6 Å². The van der Waals surface area contributed by atoms with Crippen LogP contribution in [0.4, 0.5) is 5.82 Å². The fraction of sp³-hybridized carbons (Fsp3) is 0.316. The monoisotopic (exact) mass is 325 g/mol. The predicted octanol–water partition coefficient (Wildman–Crippen LogP) is 2.86. The van der Waals surface area contributed by atoms with E-state index in [1.165, 1.54) is 5.56 Å². The Morgan fingerprint density at radius 2 is 1.79 bits per heavy atom. The Morgan fingerprint density at radius 3 is 2.50 bits per heavy atom. The number of nitrogens with one attached hydrogen (secondary N) is 2. The molecule has 1 aromatic carbocycles. The number of hydrogen-bond acceptors (Lipinski definition) is 3. The molecule has 0 saturated carbocycles. The van der Waals surface area contributed by atoms with E-state index < -0.39 is 0 Å². The van der Waals surface area contributed by atoms with Crippen molar-refractivity contribution in [3.63, 3.8) is 0 Å². The Balaban J connectivity index is 1.58. The highest BCUT2D eigenvalue weighted by molar-refractivity contribution is 5.90. The van der Waals surface area contributed by atoms with E-state index in [0.717, 1.165) is 18.4 Å². The molecule has 2 N–H and O–H groups in total. The van der Waals surface area contributed by atoms with Crippen LogP contribution in [0.5, 0.6) is 0 Å². The van der Waals surface area contributed by atoms with E-state index in [4.69, 9.17) is 0 Å². The molecule has 0 atom stereocenters. The standard InChI is InChI=1S/C19H23N3O2/c1-15-10-11-17(21-14-15)22-19(24)12-13-20-18(23)9-5-8-16-6-3-2-4-7-16/h2-4,6-7,10-11,14H,5,8-9,12-13H2,1H3,(H,20,23)(H,21,22,24). The Hall–Kier alpha value is -2.69. The summed E-state index contributed by atoms with van der Waals surface area (Å²) in [4.78, 5) is 27.6. The van der Waals surface area contributed by atoms with Gasteiger partial charge >= 0.3 is 0 Å². The SMILES string of the molecule is Cc1ccc(NC(=O)CCNC(=O)CCCc2ccccc2)nc1. The Morgan fingerprint density at radius 1 is 1.00 bits per heavy atom. The average molecular weight is 325 g/mol. The van der Waals surface area contributed by atoms with Gasteiger partial charge in [0.25, 0.3) is 0 Å². The lowest BCUT2D eigenvalue weighted by Crippen LogP contribution is -2.27. The first-order chi connectivity index (χ1) is 11.6. The maximum Gasteiger partial charge on any atom is 0.227 e. The molecule has 0 radical (unpaired) electrons. The van der Waals surface area contributed by atoms with Crippen LogP contribution >= 0.6 is 0 Å². The molecule has 24 heavy (non-hydrogen) atoms. The third-order valence-corrected chi connectivity index (χ3v) is 3.57. The van der Waals surface area contributed by atoms with Crippen molar-refractivity contribution in [3.8, 4) is 0 Å². The fourth-order valence-corrected chi connectivity index (χ4v) is 2.25. The van der Waals surface area contributed by atoms with Gasteiger partial charge in [0.15, 0.2) is 0 Å². The van der Waals surface area contributed by atoms with Crippen molar-refractivity contribution in [1.82, 2.24) is 10.3 Å². The van der Waals surface area contributed by atoms with Crippen LogP contribution in [0.2, 0.25) is 0 Å². The Bertz CT molecular complexity index is 654. The number of rotatable bonds is 8. The molecule has 0 unspecified atom stereocenters. The fourth-order valence-electron chi connectivity index (χ4n) is 2.25. The average Bonchev–Trinajstić information content (AvgIpc) is 2.58. The van der Waals surface area contributed by atoms with Gasteiger partial charge in [0.1, 0.15) is 5.82 Å². The molecule has 2 amide bonds. The zero-order valence-corrected chi connectivity index (χ0v) is 13.9. The molecule has 0 bridgehead atoms. The highest BCUT2D eigenvalue weighted by Crippen LogP contribution is 2.05. The Kier molecular flexibility index (Phi) is 6.95. The number of aryl methyl sites for hydroxylation is 2. The van der Waals surface area contributed by atoms with Gasteiger partial charge in [-0.3, -0.25) is 9.59 Å². The van der Waals surface area contributed by atoms with E-state index in [1.807, 2.05) is 31.2 Å². The molecule has 2 aromatic rings. The number of hydrogen-bond donors (Lipinski definition) is 2. The second-order valence-electron chi connectivity index (χ2n) is 5.71. The molecule has 5 nitrogen and oxygen atoms in total. The summed E-state index contributed by atoms with van der Waals surface area (Å²) in [6.07, 6.45) is 4.09. The van der Waals surface area contributed by atoms with Crippen LogP contribution in [0, 0.1) is 6.92 Å². The van der Waals surface area contributed by atoms with Crippen molar-refractivity contribution in [3.05, 3.63) is 59.8 Å². The summed E-state index contributed by atoms with van der Waals surface area (Å²) < 4.78 is 0.